The fraction of sp³-hybridized carbons (Fsp3) is 0.286. The Bertz CT molecular complexity index is 586. The highest BCUT2D eigenvalue weighted by Crippen LogP contribution is 2.20. The molecule has 1 N–H and O–H groups in total. The highest BCUT2D eigenvalue weighted by molar-refractivity contribution is 5.77. The van der Waals surface area contributed by atoms with Crippen LogP contribution in [0.15, 0.2) is 36.9 Å². The molecule has 1 atom stereocenters. The maximum atomic E-state index is 11.1. The second-order valence-corrected chi connectivity index (χ2v) is 4.28. The predicted molar refractivity (Wildman–Crippen MR) is 72.2 cm³/mol. The Balaban J connectivity index is 2.51. The molecule has 94 valence electrons. The minimum absolute atomic E-state index is 0.0558. The third-order valence-corrected chi connectivity index (χ3v) is 2.80. The number of allylic oxidation sites excluding steroid dienone is 1. The van der Waals surface area contributed by atoms with E-state index in [1.165, 1.54) is 6.92 Å². The van der Waals surface area contributed by atoms with Crippen molar-refractivity contribution < 1.29 is 4.79 Å². The van der Waals surface area contributed by atoms with E-state index in [1.807, 2.05) is 37.3 Å². The molecule has 0 aliphatic rings. The normalized spacial score (nSPS) is 12.3. The Morgan fingerprint density at radius 2 is 2.28 bits per heavy atom. The van der Waals surface area contributed by atoms with Gasteiger partial charge >= 0.3 is 0 Å². The number of aromatic nitrogens is 2. The largest absolute Gasteiger partial charge is 0.347 e. The lowest BCUT2D eigenvalue weighted by Gasteiger charge is -2.14. The molecular weight excluding hydrogens is 226 g/mol. The van der Waals surface area contributed by atoms with Crippen molar-refractivity contribution in [2.24, 2.45) is 0 Å². The van der Waals surface area contributed by atoms with Gasteiger partial charge < -0.3 is 9.88 Å². The standard InChI is InChI=1S/C14H17N3O/c1-4-9-17-13-8-6-5-7-12(13)16-14(17)10(2)15-11(3)18/h4-8,10H,1,9H2,2-3H3,(H,15,18). The number of imidazole rings is 1. The van der Waals surface area contributed by atoms with Crippen LogP contribution in [0.1, 0.15) is 25.7 Å². The molecule has 0 saturated carbocycles. The Hall–Kier alpha value is -2.10. The molecule has 2 rings (SSSR count). The van der Waals surface area contributed by atoms with E-state index in [9.17, 15) is 4.79 Å². The fourth-order valence-electron chi connectivity index (χ4n) is 2.12. The highest BCUT2D eigenvalue weighted by Gasteiger charge is 2.16. The Kier molecular flexibility index (Phi) is 3.46. The molecule has 1 aromatic heterocycles. The number of hydrogen-bond donors (Lipinski definition) is 1. The molecule has 4 nitrogen and oxygen atoms in total. The minimum atomic E-state index is -0.116. The van der Waals surface area contributed by atoms with Crippen molar-refractivity contribution in [1.29, 1.82) is 0 Å². The summed E-state index contributed by atoms with van der Waals surface area (Å²) in [6, 6.07) is 7.82. The van der Waals surface area contributed by atoms with Gasteiger partial charge in [0.2, 0.25) is 5.91 Å². The van der Waals surface area contributed by atoms with Crippen molar-refractivity contribution in [2.75, 3.05) is 0 Å². The minimum Gasteiger partial charge on any atom is -0.347 e. The summed E-state index contributed by atoms with van der Waals surface area (Å²) in [6.07, 6.45) is 1.83. The number of carbonyl (C=O) groups excluding carboxylic acids is 1. The van der Waals surface area contributed by atoms with E-state index in [-0.39, 0.29) is 11.9 Å². The molecule has 0 bridgehead atoms. The number of amides is 1. The van der Waals surface area contributed by atoms with Gasteiger partial charge in [0.05, 0.1) is 17.1 Å². The summed E-state index contributed by atoms with van der Waals surface area (Å²) in [5.41, 5.74) is 2.00. The second kappa shape index (κ2) is 5.04. The summed E-state index contributed by atoms with van der Waals surface area (Å²) >= 11 is 0. The summed E-state index contributed by atoms with van der Waals surface area (Å²) in [7, 11) is 0. The summed E-state index contributed by atoms with van der Waals surface area (Å²) in [6.45, 7) is 7.89. The van der Waals surface area contributed by atoms with Crippen LogP contribution >= 0.6 is 0 Å². The molecule has 0 radical (unpaired) electrons. The van der Waals surface area contributed by atoms with E-state index in [2.05, 4.69) is 21.4 Å². The first-order chi connectivity index (χ1) is 8.63. The van der Waals surface area contributed by atoms with Crippen LogP contribution in [0.3, 0.4) is 0 Å². The number of nitrogens with zero attached hydrogens (tertiary/aromatic N) is 2. The van der Waals surface area contributed by atoms with Gasteiger partial charge in [-0.2, -0.15) is 0 Å². The monoisotopic (exact) mass is 243 g/mol. The van der Waals surface area contributed by atoms with Crippen LogP contribution in [0.2, 0.25) is 0 Å². The zero-order valence-corrected chi connectivity index (χ0v) is 10.7. The Morgan fingerprint density at radius 1 is 1.56 bits per heavy atom. The zero-order chi connectivity index (χ0) is 13.1. The van der Waals surface area contributed by atoms with Gasteiger partial charge in [-0.15, -0.1) is 6.58 Å². The third kappa shape index (κ3) is 2.27. The predicted octanol–water partition coefficient (Wildman–Crippen LogP) is 2.42. The SMILES string of the molecule is C=CCn1c(C(C)NC(C)=O)nc2ccccc21. The number of nitrogens with one attached hydrogen (secondary N) is 1. The van der Waals surface area contributed by atoms with Crippen molar-refractivity contribution in [3.05, 3.63) is 42.7 Å². The van der Waals surface area contributed by atoms with E-state index in [1.54, 1.807) is 0 Å². The molecular formula is C14H17N3O. The first-order valence-corrected chi connectivity index (χ1v) is 5.96. The number of fused-ring (bicyclic) bond motifs is 1. The van der Waals surface area contributed by atoms with Gasteiger partial charge in [0.1, 0.15) is 5.82 Å². The molecule has 4 heteroatoms. The molecule has 2 aromatic rings. The molecule has 1 heterocycles. The van der Waals surface area contributed by atoms with Crippen molar-refractivity contribution in [3.63, 3.8) is 0 Å². The quantitative estimate of drug-likeness (QED) is 0.838. The Morgan fingerprint density at radius 3 is 2.94 bits per heavy atom. The van der Waals surface area contributed by atoms with Gasteiger partial charge in [0.15, 0.2) is 0 Å². The maximum absolute atomic E-state index is 11.1. The average Bonchev–Trinajstić information content (AvgIpc) is 2.68. The molecule has 0 spiro atoms. The van der Waals surface area contributed by atoms with E-state index in [4.69, 9.17) is 0 Å². The van der Waals surface area contributed by atoms with Crippen LogP contribution in [0.25, 0.3) is 11.0 Å². The van der Waals surface area contributed by atoms with Crippen LogP contribution in [0, 0.1) is 0 Å². The molecule has 0 aliphatic carbocycles. The van der Waals surface area contributed by atoms with Gasteiger partial charge in [-0.25, -0.2) is 4.98 Å². The van der Waals surface area contributed by atoms with Gasteiger partial charge in [0.25, 0.3) is 0 Å². The molecule has 0 saturated heterocycles. The zero-order valence-electron chi connectivity index (χ0n) is 10.7. The van der Waals surface area contributed by atoms with E-state index < -0.39 is 0 Å². The average molecular weight is 243 g/mol. The van der Waals surface area contributed by atoms with Crippen molar-refractivity contribution in [1.82, 2.24) is 14.9 Å². The second-order valence-electron chi connectivity index (χ2n) is 4.28. The van der Waals surface area contributed by atoms with Gasteiger partial charge in [0, 0.05) is 13.5 Å². The molecule has 1 unspecified atom stereocenters. The summed E-state index contributed by atoms with van der Waals surface area (Å²) < 4.78 is 2.07. The molecule has 1 aromatic carbocycles. The number of benzene rings is 1. The number of carbonyl (C=O) groups is 1. The van der Waals surface area contributed by atoms with Crippen molar-refractivity contribution in [2.45, 2.75) is 26.4 Å². The molecule has 0 aliphatic heterocycles. The third-order valence-electron chi connectivity index (χ3n) is 2.80. The molecule has 0 fully saturated rings. The van der Waals surface area contributed by atoms with Gasteiger partial charge in [-0.3, -0.25) is 4.79 Å². The maximum Gasteiger partial charge on any atom is 0.217 e. The summed E-state index contributed by atoms with van der Waals surface area (Å²) in [4.78, 5) is 15.7. The lowest BCUT2D eigenvalue weighted by molar-refractivity contribution is -0.119. The fourth-order valence-corrected chi connectivity index (χ4v) is 2.12. The molecule has 18 heavy (non-hydrogen) atoms. The van der Waals surface area contributed by atoms with Crippen LogP contribution in [-0.2, 0) is 11.3 Å². The Labute approximate surface area is 106 Å². The summed E-state index contributed by atoms with van der Waals surface area (Å²) in [5.74, 6) is 0.797. The van der Waals surface area contributed by atoms with Crippen LogP contribution < -0.4 is 5.32 Å². The smallest absolute Gasteiger partial charge is 0.217 e. The van der Waals surface area contributed by atoms with Crippen molar-refractivity contribution >= 4 is 16.9 Å². The number of hydrogen-bond acceptors (Lipinski definition) is 2. The van der Waals surface area contributed by atoms with E-state index in [0.29, 0.717) is 6.54 Å². The first-order valence-electron chi connectivity index (χ1n) is 5.96. The van der Waals surface area contributed by atoms with Crippen molar-refractivity contribution in [3.8, 4) is 0 Å². The van der Waals surface area contributed by atoms with Gasteiger partial charge in [-0.1, -0.05) is 18.2 Å². The number of rotatable bonds is 4. The van der Waals surface area contributed by atoms with Crippen LogP contribution in [0.4, 0.5) is 0 Å². The first kappa shape index (κ1) is 12.4. The topological polar surface area (TPSA) is 46.9 Å². The van der Waals surface area contributed by atoms with Crippen LogP contribution in [-0.4, -0.2) is 15.5 Å². The molecule has 1 amide bonds. The lowest BCUT2D eigenvalue weighted by atomic mass is 10.3. The summed E-state index contributed by atoms with van der Waals surface area (Å²) in [5, 5.41) is 2.86. The van der Waals surface area contributed by atoms with E-state index in [0.717, 1.165) is 16.9 Å². The van der Waals surface area contributed by atoms with E-state index >= 15 is 0 Å². The van der Waals surface area contributed by atoms with Gasteiger partial charge in [-0.05, 0) is 19.1 Å². The lowest BCUT2D eigenvalue weighted by Crippen LogP contribution is -2.26. The number of para-hydroxylation sites is 2. The highest BCUT2D eigenvalue weighted by atomic mass is 16.1. The van der Waals surface area contributed by atoms with Crippen LogP contribution in [0.5, 0.6) is 0 Å².